The zero-order valence-corrected chi connectivity index (χ0v) is 17.3. The van der Waals surface area contributed by atoms with Crippen LogP contribution in [0.25, 0.3) is 11.2 Å². The molecule has 4 aromatic rings. The number of hydrogen-bond acceptors (Lipinski definition) is 5. The van der Waals surface area contributed by atoms with Crippen molar-refractivity contribution in [1.82, 2.24) is 18.7 Å². The third-order valence-electron chi connectivity index (χ3n) is 5.19. The highest BCUT2D eigenvalue weighted by Gasteiger charge is 2.19. The lowest BCUT2D eigenvalue weighted by molar-refractivity contribution is 0.628. The first-order valence-corrected chi connectivity index (χ1v) is 9.62. The molecule has 0 aliphatic carbocycles. The van der Waals surface area contributed by atoms with Crippen molar-refractivity contribution in [3.63, 3.8) is 0 Å². The number of anilines is 1. The molecule has 0 bridgehead atoms. The Labute approximate surface area is 176 Å². The van der Waals surface area contributed by atoms with Gasteiger partial charge in [-0.2, -0.15) is 10.1 Å². The smallest absolute Gasteiger partial charge is 0.298 e. The number of hydrazone groups is 1. The normalized spacial score (nSPS) is 11.5. The molecular weight excluding hydrogens is 399 g/mol. The molecule has 0 saturated heterocycles. The zero-order valence-electron chi connectivity index (χ0n) is 17.3. The van der Waals surface area contributed by atoms with Crippen molar-refractivity contribution in [3.05, 3.63) is 91.9 Å². The number of fused-ring (bicyclic) bond motifs is 1. The second kappa shape index (κ2) is 8.02. The lowest BCUT2D eigenvalue weighted by Crippen LogP contribution is -2.37. The second-order valence-electron chi connectivity index (χ2n) is 7.25. The van der Waals surface area contributed by atoms with E-state index in [0.29, 0.717) is 23.6 Å². The van der Waals surface area contributed by atoms with E-state index in [0.717, 1.165) is 15.7 Å². The SMILES string of the molecule is Cc1ccccc1Cn1c(NN=Cc2ccc(F)cc2)nc2c1c(=O)n(C)c(=O)n2C. The summed E-state index contributed by atoms with van der Waals surface area (Å²) in [4.78, 5) is 29.8. The Balaban J connectivity index is 1.83. The number of imidazole rings is 1. The number of rotatable bonds is 5. The standard InChI is InChI=1S/C22H21FN6O2/c1-14-6-4-5-7-16(14)13-29-18-19(27(2)22(31)28(3)20(18)30)25-21(29)26-24-12-15-8-10-17(23)11-9-15/h4-12H,13H2,1-3H3,(H,25,26). The molecule has 31 heavy (non-hydrogen) atoms. The largest absolute Gasteiger partial charge is 0.332 e. The molecule has 0 atom stereocenters. The Morgan fingerprint density at radius 1 is 1.06 bits per heavy atom. The minimum absolute atomic E-state index is 0.265. The molecule has 2 aromatic carbocycles. The van der Waals surface area contributed by atoms with Crippen molar-refractivity contribution in [2.75, 3.05) is 5.43 Å². The molecule has 9 heteroatoms. The van der Waals surface area contributed by atoms with Gasteiger partial charge in [0.15, 0.2) is 11.2 Å². The molecule has 8 nitrogen and oxygen atoms in total. The number of aromatic nitrogens is 4. The molecule has 0 saturated carbocycles. The number of hydrogen-bond donors (Lipinski definition) is 1. The van der Waals surface area contributed by atoms with Crippen LogP contribution in [0.2, 0.25) is 0 Å². The lowest BCUT2D eigenvalue weighted by Gasteiger charge is -2.11. The number of halogens is 1. The predicted molar refractivity (Wildman–Crippen MR) is 118 cm³/mol. The molecule has 0 spiro atoms. The topological polar surface area (TPSA) is 86.2 Å². The summed E-state index contributed by atoms with van der Waals surface area (Å²) in [6.07, 6.45) is 1.52. The van der Waals surface area contributed by atoms with E-state index in [1.807, 2.05) is 31.2 Å². The summed E-state index contributed by atoms with van der Waals surface area (Å²) in [5.41, 5.74) is 5.29. The van der Waals surface area contributed by atoms with Crippen LogP contribution in [-0.4, -0.2) is 24.9 Å². The first kappa shape index (κ1) is 20.3. The Bertz CT molecular complexity index is 1410. The van der Waals surface area contributed by atoms with E-state index in [4.69, 9.17) is 0 Å². The van der Waals surface area contributed by atoms with Gasteiger partial charge in [-0.25, -0.2) is 14.6 Å². The molecule has 2 heterocycles. The van der Waals surface area contributed by atoms with E-state index in [1.165, 1.54) is 30.0 Å². The van der Waals surface area contributed by atoms with Crippen LogP contribution in [0, 0.1) is 12.7 Å². The molecule has 4 rings (SSSR count). The van der Waals surface area contributed by atoms with E-state index in [-0.39, 0.29) is 11.5 Å². The van der Waals surface area contributed by atoms with E-state index in [2.05, 4.69) is 15.5 Å². The molecule has 2 aromatic heterocycles. The van der Waals surface area contributed by atoms with Crippen LogP contribution >= 0.6 is 0 Å². The first-order chi connectivity index (χ1) is 14.9. The molecule has 0 fully saturated rings. The Kier molecular flexibility index (Phi) is 5.24. The van der Waals surface area contributed by atoms with Gasteiger partial charge in [-0.15, -0.1) is 0 Å². The maximum Gasteiger partial charge on any atom is 0.332 e. The Morgan fingerprint density at radius 2 is 1.77 bits per heavy atom. The van der Waals surface area contributed by atoms with E-state index in [9.17, 15) is 14.0 Å². The number of nitrogens with zero attached hydrogens (tertiary/aromatic N) is 5. The summed E-state index contributed by atoms with van der Waals surface area (Å²) in [5.74, 6) is -0.0168. The maximum absolute atomic E-state index is 13.1. The highest BCUT2D eigenvalue weighted by Crippen LogP contribution is 2.19. The zero-order chi connectivity index (χ0) is 22.1. The van der Waals surface area contributed by atoms with Gasteiger partial charge in [0.05, 0.1) is 12.8 Å². The van der Waals surface area contributed by atoms with Gasteiger partial charge in [0.2, 0.25) is 5.95 Å². The van der Waals surface area contributed by atoms with Gasteiger partial charge >= 0.3 is 5.69 Å². The summed E-state index contributed by atoms with van der Waals surface area (Å²) in [7, 11) is 3.01. The van der Waals surface area contributed by atoms with E-state index >= 15 is 0 Å². The van der Waals surface area contributed by atoms with Crippen molar-refractivity contribution in [3.8, 4) is 0 Å². The Hall–Kier alpha value is -4.01. The quantitative estimate of drug-likeness (QED) is 0.397. The fourth-order valence-electron chi connectivity index (χ4n) is 3.36. The van der Waals surface area contributed by atoms with Gasteiger partial charge in [-0.1, -0.05) is 36.4 Å². The number of aryl methyl sites for hydroxylation is 2. The highest BCUT2D eigenvalue weighted by atomic mass is 19.1. The average Bonchev–Trinajstić information content (AvgIpc) is 3.12. The Morgan fingerprint density at radius 3 is 2.48 bits per heavy atom. The minimum atomic E-state index is -0.459. The molecule has 158 valence electrons. The molecule has 0 aliphatic rings. The summed E-state index contributed by atoms with van der Waals surface area (Å²) in [6, 6.07) is 13.7. The van der Waals surface area contributed by atoms with Crippen LogP contribution in [-0.2, 0) is 20.6 Å². The summed E-state index contributed by atoms with van der Waals surface area (Å²) < 4.78 is 17.2. The van der Waals surface area contributed by atoms with Crippen LogP contribution in [0.1, 0.15) is 16.7 Å². The molecular formula is C22H21FN6O2. The van der Waals surface area contributed by atoms with Crippen LogP contribution in [0.15, 0.2) is 63.2 Å². The van der Waals surface area contributed by atoms with E-state index in [1.54, 1.807) is 23.7 Å². The summed E-state index contributed by atoms with van der Waals surface area (Å²) >= 11 is 0. The average molecular weight is 420 g/mol. The van der Waals surface area contributed by atoms with Crippen LogP contribution in [0.3, 0.4) is 0 Å². The molecule has 1 N–H and O–H groups in total. The maximum atomic E-state index is 13.1. The van der Waals surface area contributed by atoms with Gasteiger partial charge in [-0.05, 0) is 35.7 Å². The van der Waals surface area contributed by atoms with Crippen molar-refractivity contribution in [1.29, 1.82) is 0 Å². The third kappa shape index (κ3) is 3.77. The third-order valence-corrected chi connectivity index (χ3v) is 5.19. The summed E-state index contributed by atoms with van der Waals surface area (Å²) in [5, 5.41) is 4.19. The second-order valence-corrected chi connectivity index (χ2v) is 7.25. The monoisotopic (exact) mass is 420 g/mol. The van der Waals surface area contributed by atoms with Gasteiger partial charge in [0.25, 0.3) is 5.56 Å². The van der Waals surface area contributed by atoms with Crippen LogP contribution in [0.5, 0.6) is 0 Å². The molecule has 0 unspecified atom stereocenters. The van der Waals surface area contributed by atoms with Gasteiger partial charge in [0.1, 0.15) is 5.82 Å². The molecule has 0 amide bonds. The first-order valence-electron chi connectivity index (χ1n) is 9.62. The fourth-order valence-corrected chi connectivity index (χ4v) is 3.36. The van der Waals surface area contributed by atoms with Gasteiger partial charge in [-0.3, -0.25) is 18.5 Å². The predicted octanol–water partition coefficient (Wildman–Crippen LogP) is 2.38. The van der Waals surface area contributed by atoms with Crippen LogP contribution in [0.4, 0.5) is 10.3 Å². The minimum Gasteiger partial charge on any atom is -0.298 e. The van der Waals surface area contributed by atoms with Crippen molar-refractivity contribution >= 4 is 23.3 Å². The van der Waals surface area contributed by atoms with Crippen molar-refractivity contribution in [2.24, 2.45) is 19.2 Å². The van der Waals surface area contributed by atoms with Crippen molar-refractivity contribution < 1.29 is 4.39 Å². The number of nitrogens with one attached hydrogen (secondary N) is 1. The number of benzene rings is 2. The lowest BCUT2D eigenvalue weighted by atomic mass is 10.1. The summed E-state index contributed by atoms with van der Waals surface area (Å²) in [6.45, 7) is 2.35. The molecule has 0 aliphatic heterocycles. The van der Waals surface area contributed by atoms with E-state index < -0.39 is 11.2 Å². The highest BCUT2D eigenvalue weighted by molar-refractivity contribution is 5.80. The molecule has 0 radical (unpaired) electrons. The van der Waals surface area contributed by atoms with Gasteiger partial charge in [0, 0.05) is 14.1 Å². The van der Waals surface area contributed by atoms with Crippen LogP contribution < -0.4 is 16.7 Å². The van der Waals surface area contributed by atoms with Crippen molar-refractivity contribution in [2.45, 2.75) is 13.5 Å². The van der Waals surface area contributed by atoms with Gasteiger partial charge < -0.3 is 0 Å². The fraction of sp³-hybridized carbons (Fsp3) is 0.182.